The molecular formula is C20H20N2O2. The Morgan fingerprint density at radius 3 is 2.25 bits per heavy atom. The molecule has 0 radical (unpaired) electrons. The smallest absolute Gasteiger partial charge is 0.161 e. The topological polar surface area (TPSA) is 42.5 Å². The van der Waals surface area contributed by atoms with Crippen LogP contribution >= 0.6 is 0 Å². The summed E-state index contributed by atoms with van der Waals surface area (Å²) >= 11 is 0. The zero-order chi connectivity index (χ0) is 16.5. The lowest BCUT2D eigenvalue weighted by Crippen LogP contribution is -2.23. The molecule has 0 bridgehead atoms. The van der Waals surface area contributed by atoms with Gasteiger partial charge in [0.1, 0.15) is 6.17 Å². The van der Waals surface area contributed by atoms with Crippen LogP contribution in [-0.2, 0) is 0 Å². The molecule has 1 aliphatic heterocycles. The predicted octanol–water partition coefficient (Wildman–Crippen LogP) is 4.78. The van der Waals surface area contributed by atoms with Crippen molar-refractivity contribution in [3.05, 3.63) is 60.2 Å². The summed E-state index contributed by atoms with van der Waals surface area (Å²) in [7, 11) is 1.67. The molecule has 1 heterocycles. The Morgan fingerprint density at radius 1 is 0.917 bits per heavy atom. The Bertz CT molecular complexity index is 851. The van der Waals surface area contributed by atoms with E-state index in [1.807, 2.05) is 19.1 Å². The fourth-order valence-corrected chi connectivity index (χ4v) is 3.23. The van der Waals surface area contributed by atoms with E-state index in [0.717, 1.165) is 28.4 Å². The van der Waals surface area contributed by atoms with Gasteiger partial charge >= 0.3 is 0 Å². The predicted molar refractivity (Wildman–Crippen MR) is 98.1 cm³/mol. The molecule has 0 amide bonds. The first-order chi connectivity index (χ1) is 11.8. The molecular weight excluding hydrogens is 300 g/mol. The Balaban J connectivity index is 1.72. The van der Waals surface area contributed by atoms with Gasteiger partial charge in [0.25, 0.3) is 0 Å². The van der Waals surface area contributed by atoms with E-state index in [0.29, 0.717) is 6.61 Å². The molecule has 3 aromatic rings. The molecule has 0 unspecified atom stereocenters. The van der Waals surface area contributed by atoms with Gasteiger partial charge in [-0.2, -0.15) is 0 Å². The van der Waals surface area contributed by atoms with E-state index < -0.39 is 0 Å². The molecule has 4 rings (SSSR count). The van der Waals surface area contributed by atoms with Crippen LogP contribution in [0.1, 0.15) is 18.7 Å². The largest absolute Gasteiger partial charge is 0.493 e. The Labute approximate surface area is 141 Å². The first-order valence-electron chi connectivity index (χ1n) is 8.15. The highest BCUT2D eigenvalue weighted by atomic mass is 16.5. The van der Waals surface area contributed by atoms with Crippen LogP contribution in [-0.4, -0.2) is 13.7 Å². The fourth-order valence-electron chi connectivity index (χ4n) is 3.23. The number of hydrogen-bond donors (Lipinski definition) is 2. The minimum atomic E-state index is -0.0184. The highest BCUT2D eigenvalue weighted by Crippen LogP contribution is 2.39. The van der Waals surface area contributed by atoms with Crippen molar-refractivity contribution in [3.8, 4) is 11.5 Å². The van der Waals surface area contributed by atoms with Crippen molar-refractivity contribution in [3.63, 3.8) is 0 Å². The van der Waals surface area contributed by atoms with E-state index in [-0.39, 0.29) is 6.17 Å². The lowest BCUT2D eigenvalue weighted by molar-refractivity contribution is 0.310. The average Bonchev–Trinajstić information content (AvgIpc) is 2.62. The number of methoxy groups -OCH3 is 1. The summed E-state index contributed by atoms with van der Waals surface area (Å²) in [5, 5.41) is 9.61. The van der Waals surface area contributed by atoms with E-state index in [2.05, 4.69) is 53.1 Å². The maximum atomic E-state index is 5.61. The Hall–Kier alpha value is -2.88. The van der Waals surface area contributed by atoms with Gasteiger partial charge in [-0.1, -0.05) is 30.3 Å². The monoisotopic (exact) mass is 320 g/mol. The molecule has 0 saturated heterocycles. The number of hydrogen-bond acceptors (Lipinski definition) is 4. The summed E-state index contributed by atoms with van der Waals surface area (Å²) in [6, 6.07) is 18.7. The number of rotatable bonds is 4. The SMILES string of the molecule is CCOc1ccc(C2Nc3cccc4cccc(c34)N2)cc1OC. The number of benzene rings is 3. The number of ether oxygens (including phenoxy) is 2. The minimum Gasteiger partial charge on any atom is -0.493 e. The van der Waals surface area contributed by atoms with Gasteiger partial charge in [-0.25, -0.2) is 0 Å². The molecule has 122 valence electrons. The summed E-state index contributed by atoms with van der Waals surface area (Å²) in [4.78, 5) is 0. The van der Waals surface area contributed by atoms with Gasteiger partial charge in [-0.15, -0.1) is 0 Å². The van der Waals surface area contributed by atoms with E-state index in [1.54, 1.807) is 7.11 Å². The fraction of sp³-hybridized carbons (Fsp3) is 0.200. The van der Waals surface area contributed by atoms with E-state index in [4.69, 9.17) is 9.47 Å². The third kappa shape index (κ3) is 2.40. The van der Waals surface area contributed by atoms with Gasteiger partial charge in [0.05, 0.1) is 13.7 Å². The minimum absolute atomic E-state index is 0.0184. The summed E-state index contributed by atoms with van der Waals surface area (Å²) in [6.07, 6.45) is -0.0184. The van der Waals surface area contributed by atoms with Crippen LogP contribution in [0.5, 0.6) is 11.5 Å². The van der Waals surface area contributed by atoms with Crippen LogP contribution in [0.15, 0.2) is 54.6 Å². The standard InChI is InChI=1S/C20H20N2O2/c1-3-24-17-11-10-14(12-18(17)23-2)20-21-15-8-4-6-13-7-5-9-16(22-20)19(13)15/h4-12,20-22H,3H2,1-2H3. The second-order valence-corrected chi connectivity index (χ2v) is 5.77. The summed E-state index contributed by atoms with van der Waals surface area (Å²) < 4.78 is 11.1. The molecule has 0 fully saturated rings. The van der Waals surface area contributed by atoms with Crippen LogP contribution in [0.2, 0.25) is 0 Å². The number of anilines is 2. The van der Waals surface area contributed by atoms with Crippen molar-refractivity contribution >= 4 is 22.1 Å². The highest BCUT2D eigenvalue weighted by molar-refractivity contribution is 6.04. The molecule has 3 aromatic carbocycles. The summed E-state index contributed by atoms with van der Waals surface area (Å²) in [5.41, 5.74) is 3.38. The lowest BCUT2D eigenvalue weighted by atomic mass is 10.0. The number of nitrogens with one attached hydrogen (secondary N) is 2. The first-order valence-corrected chi connectivity index (χ1v) is 8.15. The Kier molecular flexibility index (Phi) is 3.65. The van der Waals surface area contributed by atoms with Gasteiger partial charge in [-0.05, 0) is 42.1 Å². The third-order valence-corrected chi connectivity index (χ3v) is 4.33. The Morgan fingerprint density at radius 2 is 1.62 bits per heavy atom. The molecule has 24 heavy (non-hydrogen) atoms. The zero-order valence-corrected chi connectivity index (χ0v) is 13.8. The van der Waals surface area contributed by atoms with Crippen LogP contribution in [0, 0.1) is 0 Å². The second-order valence-electron chi connectivity index (χ2n) is 5.77. The molecule has 0 spiro atoms. The molecule has 0 saturated carbocycles. The van der Waals surface area contributed by atoms with Gasteiger partial charge in [0.2, 0.25) is 0 Å². The first kappa shape index (κ1) is 14.7. The maximum absolute atomic E-state index is 5.61. The molecule has 0 aromatic heterocycles. The molecule has 0 atom stereocenters. The second kappa shape index (κ2) is 5.96. The normalized spacial score (nSPS) is 13.2. The lowest BCUT2D eigenvalue weighted by Gasteiger charge is -2.30. The van der Waals surface area contributed by atoms with Gasteiger partial charge in [0.15, 0.2) is 11.5 Å². The maximum Gasteiger partial charge on any atom is 0.161 e. The summed E-state index contributed by atoms with van der Waals surface area (Å²) in [5.74, 6) is 1.51. The molecule has 2 N–H and O–H groups in total. The van der Waals surface area contributed by atoms with E-state index in [1.165, 1.54) is 10.8 Å². The van der Waals surface area contributed by atoms with Crippen LogP contribution in [0.25, 0.3) is 10.8 Å². The van der Waals surface area contributed by atoms with Gasteiger partial charge in [-0.3, -0.25) is 0 Å². The van der Waals surface area contributed by atoms with E-state index >= 15 is 0 Å². The molecule has 1 aliphatic rings. The van der Waals surface area contributed by atoms with Crippen molar-refractivity contribution in [2.45, 2.75) is 13.1 Å². The third-order valence-electron chi connectivity index (χ3n) is 4.33. The van der Waals surface area contributed by atoms with E-state index in [9.17, 15) is 0 Å². The zero-order valence-electron chi connectivity index (χ0n) is 13.8. The van der Waals surface area contributed by atoms with Gasteiger partial charge in [0, 0.05) is 16.8 Å². The van der Waals surface area contributed by atoms with Crippen molar-refractivity contribution in [1.82, 2.24) is 0 Å². The highest BCUT2D eigenvalue weighted by Gasteiger charge is 2.21. The molecule has 0 aliphatic carbocycles. The van der Waals surface area contributed by atoms with Crippen molar-refractivity contribution in [1.29, 1.82) is 0 Å². The van der Waals surface area contributed by atoms with Crippen LogP contribution < -0.4 is 20.1 Å². The average molecular weight is 320 g/mol. The summed E-state index contributed by atoms with van der Waals surface area (Å²) in [6.45, 7) is 2.58. The van der Waals surface area contributed by atoms with Crippen molar-refractivity contribution in [2.24, 2.45) is 0 Å². The van der Waals surface area contributed by atoms with Crippen molar-refractivity contribution < 1.29 is 9.47 Å². The quantitative estimate of drug-likeness (QED) is 0.726. The van der Waals surface area contributed by atoms with Crippen LogP contribution in [0.4, 0.5) is 11.4 Å². The molecule has 4 nitrogen and oxygen atoms in total. The van der Waals surface area contributed by atoms with Crippen molar-refractivity contribution in [2.75, 3.05) is 24.4 Å². The molecule has 4 heteroatoms. The van der Waals surface area contributed by atoms with Gasteiger partial charge < -0.3 is 20.1 Å². The van der Waals surface area contributed by atoms with Crippen LogP contribution in [0.3, 0.4) is 0 Å².